The molecule has 0 aliphatic heterocycles. The van der Waals surface area contributed by atoms with E-state index >= 15 is 0 Å². The van der Waals surface area contributed by atoms with Crippen molar-refractivity contribution in [1.82, 2.24) is 14.5 Å². The molecule has 1 aromatic carbocycles. The lowest BCUT2D eigenvalue weighted by Crippen LogP contribution is -2.08. The number of nitrogens with zero attached hydrogens (tertiary/aromatic N) is 3. The smallest absolute Gasteiger partial charge is 0.160 e. The number of aromatic nitrogens is 3. The first kappa shape index (κ1) is 12.8. The number of hydrogen-bond acceptors (Lipinski definition) is 3. The second-order valence-electron chi connectivity index (χ2n) is 4.92. The number of rotatable bonds is 4. The fourth-order valence-corrected chi connectivity index (χ4v) is 2.48. The SMILES string of the molecule is Cc1cccc(Cc2nc3cccnc3n2CCO)c1. The molecule has 0 spiro atoms. The molecule has 0 amide bonds. The summed E-state index contributed by atoms with van der Waals surface area (Å²) in [5.74, 6) is 0.943. The average Bonchev–Trinajstić information content (AvgIpc) is 2.77. The maximum Gasteiger partial charge on any atom is 0.160 e. The van der Waals surface area contributed by atoms with Crippen LogP contribution in [-0.2, 0) is 13.0 Å². The van der Waals surface area contributed by atoms with Crippen LogP contribution in [0.1, 0.15) is 17.0 Å². The highest BCUT2D eigenvalue weighted by Gasteiger charge is 2.11. The number of hydrogen-bond donors (Lipinski definition) is 1. The quantitative estimate of drug-likeness (QED) is 0.789. The van der Waals surface area contributed by atoms with Crippen LogP contribution >= 0.6 is 0 Å². The Kier molecular flexibility index (Phi) is 3.48. The number of imidazole rings is 1. The summed E-state index contributed by atoms with van der Waals surface area (Å²) in [6.45, 7) is 2.69. The number of benzene rings is 1. The Morgan fingerprint density at radius 3 is 2.90 bits per heavy atom. The van der Waals surface area contributed by atoms with Crippen molar-refractivity contribution in [1.29, 1.82) is 0 Å². The van der Waals surface area contributed by atoms with Crippen LogP contribution in [0, 0.1) is 6.92 Å². The van der Waals surface area contributed by atoms with Crippen LogP contribution in [0.2, 0.25) is 0 Å². The van der Waals surface area contributed by atoms with Crippen molar-refractivity contribution in [3.8, 4) is 0 Å². The Morgan fingerprint density at radius 2 is 2.10 bits per heavy atom. The van der Waals surface area contributed by atoms with Crippen LogP contribution in [-0.4, -0.2) is 26.2 Å². The highest BCUT2D eigenvalue weighted by atomic mass is 16.3. The molecule has 2 aromatic heterocycles. The Balaban J connectivity index is 2.04. The van der Waals surface area contributed by atoms with Gasteiger partial charge in [-0.3, -0.25) is 0 Å². The van der Waals surface area contributed by atoms with Gasteiger partial charge in [-0.1, -0.05) is 29.8 Å². The molecular formula is C16H17N3O. The van der Waals surface area contributed by atoms with Gasteiger partial charge >= 0.3 is 0 Å². The van der Waals surface area contributed by atoms with E-state index in [2.05, 4.69) is 41.2 Å². The molecule has 4 nitrogen and oxygen atoms in total. The summed E-state index contributed by atoms with van der Waals surface area (Å²) in [6.07, 6.45) is 2.51. The lowest BCUT2D eigenvalue weighted by Gasteiger charge is -2.07. The Morgan fingerprint density at radius 1 is 1.20 bits per heavy atom. The van der Waals surface area contributed by atoms with Crippen LogP contribution in [0.4, 0.5) is 0 Å². The van der Waals surface area contributed by atoms with Gasteiger partial charge in [-0.05, 0) is 24.6 Å². The van der Waals surface area contributed by atoms with Crippen molar-refractivity contribution in [2.24, 2.45) is 0 Å². The van der Waals surface area contributed by atoms with E-state index < -0.39 is 0 Å². The summed E-state index contributed by atoms with van der Waals surface area (Å²) in [7, 11) is 0. The fourth-order valence-electron chi connectivity index (χ4n) is 2.48. The summed E-state index contributed by atoms with van der Waals surface area (Å²) in [5, 5.41) is 9.26. The average molecular weight is 267 g/mol. The molecule has 4 heteroatoms. The Labute approximate surface area is 117 Å². The minimum Gasteiger partial charge on any atom is -0.395 e. The largest absolute Gasteiger partial charge is 0.395 e. The first-order valence-electron chi connectivity index (χ1n) is 6.74. The number of aryl methyl sites for hydroxylation is 1. The van der Waals surface area contributed by atoms with Crippen molar-refractivity contribution in [3.05, 3.63) is 59.5 Å². The molecule has 0 atom stereocenters. The van der Waals surface area contributed by atoms with Gasteiger partial charge in [-0.25, -0.2) is 9.97 Å². The lowest BCUT2D eigenvalue weighted by molar-refractivity contribution is 0.276. The molecule has 0 unspecified atom stereocenters. The maximum atomic E-state index is 9.26. The van der Waals surface area contributed by atoms with Crippen LogP contribution in [0.25, 0.3) is 11.2 Å². The predicted molar refractivity (Wildman–Crippen MR) is 78.6 cm³/mol. The second kappa shape index (κ2) is 5.43. The third kappa shape index (κ3) is 2.42. The van der Waals surface area contributed by atoms with Gasteiger partial charge in [0.05, 0.1) is 6.61 Å². The molecule has 3 aromatic rings. The van der Waals surface area contributed by atoms with Crippen LogP contribution < -0.4 is 0 Å². The van der Waals surface area contributed by atoms with E-state index in [-0.39, 0.29) is 6.61 Å². The zero-order chi connectivity index (χ0) is 13.9. The molecule has 2 heterocycles. The van der Waals surface area contributed by atoms with Crippen molar-refractivity contribution >= 4 is 11.2 Å². The summed E-state index contributed by atoms with van der Waals surface area (Å²) < 4.78 is 2.00. The van der Waals surface area contributed by atoms with E-state index in [4.69, 9.17) is 0 Å². The first-order valence-corrected chi connectivity index (χ1v) is 6.74. The number of aliphatic hydroxyl groups is 1. The molecular weight excluding hydrogens is 250 g/mol. The summed E-state index contributed by atoms with van der Waals surface area (Å²) >= 11 is 0. The Bertz CT molecular complexity index is 733. The predicted octanol–water partition coefficient (Wildman–Crippen LogP) is 2.32. The molecule has 0 bridgehead atoms. The van der Waals surface area contributed by atoms with E-state index in [1.807, 2.05) is 16.7 Å². The molecule has 0 aliphatic rings. The van der Waals surface area contributed by atoms with E-state index in [1.54, 1.807) is 6.20 Å². The van der Waals surface area contributed by atoms with Crippen LogP contribution in [0.15, 0.2) is 42.6 Å². The van der Waals surface area contributed by atoms with E-state index in [0.717, 1.165) is 23.4 Å². The molecule has 0 fully saturated rings. The molecule has 0 radical (unpaired) electrons. The molecule has 102 valence electrons. The monoisotopic (exact) mass is 267 g/mol. The standard InChI is InChI=1S/C16H17N3O/c1-12-4-2-5-13(10-12)11-15-18-14-6-3-7-17-16(14)19(15)8-9-20/h2-7,10,20H,8-9,11H2,1H3. The Hall–Kier alpha value is -2.20. The van der Waals surface area contributed by atoms with Gasteiger partial charge in [0.2, 0.25) is 0 Å². The summed E-state index contributed by atoms with van der Waals surface area (Å²) in [6, 6.07) is 12.2. The maximum absolute atomic E-state index is 9.26. The van der Waals surface area contributed by atoms with Crippen molar-refractivity contribution in [2.75, 3.05) is 6.61 Å². The van der Waals surface area contributed by atoms with Gasteiger partial charge in [0.1, 0.15) is 11.3 Å². The summed E-state index contributed by atoms with van der Waals surface area (Å²) in [5.41, 5.74) is 4.18. The minimum atomic E-state index is 0.0862. The van der Waals surface area contributed by atoms with E-state index in [9.17, 15) is 5.11 Å². The first-order chi connectivity index (χ1) is 9.78. The highest BCUT2D eigenvalue weighted by Crippen LogP contribution is 2.17. The summed E-state index contributed by atoms with van der Waals surface area (Å²) in [4.78, 5) is 9.01. The van der Waals surface area contributed by atoms with Gasteiger partial charge in [-0.15, -0.1) is 0 Å². The van der Waals surface area contributed by atoms with E-state index in [1.165, 1.54) is 11.1 Å². The molecule has 0 saturated carbocycles. The molecule has 0 aliphatic carbocycles. The topological polar surface area (TPSA) is 50.9 Å². The molecule has 20 heavy (non-hydrogen) atoms. The molecule has 3 rings (SSSR count). The number of fused-ring (bicyclic) bond motifs is 1. The van der Waals surface area contributed by atoms with Crippen molar-refractivity contribution in [3.63, 3.8) is 0 Å². The minimum absolute atomic E-state index is 0.0862. The van der Waals surface area contributed by atoms with Crippen LogP contribution in [0.3, 0.4) is 0 Å². The van der Waals surface area contributed by atoms with Crippen molar-refractivity contribution in [2.45, 2.75) is 19.9 Å². The normalized spacial score (nSPS) is 11.1. The highest BCUT2D eigenvalue weighted by molar-refractivity contribution is 5.71. The second-order valence-corrected chi connectivity index (χ2v) is 4.92. The third-order valence-corrected chi connectivity index (χ3v) is 3.35. The number of aliphatic hydroxyl groups excluding tert-OH is 1. The van der Waals surface area contributed by atoms with Gasteiger partial charge in [0.25, 0.3) is 0 Å². The lowest BCUT2D eigenvalue weighted by atomic mass is 10.1. The molecule has 0 saturated heterocycles. The van der Waals surface area contributed by atoms with Crippen molar-refractivity contribution < 1.29 is 5.11 Å². The zero-order valence-corrected chi connectivity index (χ0v) is 11.5. The van der Waals surface area contributed by atoms with Gasteiger partial charge in [-0.2, -0.15) is 0 Å². The number of pyridine rings is 1. The zero-order valence-electron chi connectivity index (χ0n) is 11.5. The third-order valence-electron chi connectivity index (χ3n) is 3.35. The fraction of sp³-hybridized carbons (Fsp3) is 0.250. The van der Waals surface area contributed by atoms with Gasteiger partial charge in [0.15, 0.2) is 5.65 Å². The van der Waals surface area contributed by atoms with Gasteiger partial charge in [0, 0.05) is 19.2 Å². The van der Waals surface area contributed by atoms with Crippen LogP contribution in [0.5, 0.6) is 0 Å². The van der Waals surface area contributed by atoms with E-state index in [0.29, 0.717) is 6.54 Å². The van der Waals surface area contributed by atoms with Gasteiger partial charge < -0.3 is 9.67 Å². The molecule has 1 N–H and O–H groups in total.